The topological polar surface area (TPSA) is 119 Å². The van der Waals surface area contributed by atoms with E-state index in [4.69, 9.17) is 19.3 Å². The number of unbranched alkanes of at least 4 members (excludes halogenated alkanes) is 5. The molecule has 0 aromatic carbocycles. The third-order valence-electron chi connectivity index (χ3n) is 7.30. The molecule has 0 fully saturated rings. The van der Waals surface area contributed by atoms with Crippen LogP contribution in [0.4, 0.5) is 0 Å². The van der Waals surface area contributed by atoms with Crippen LogP contribution in [-0.4, -0.2) is 41.0 Å². The average molecular weight is 743 g/mol. The van der Waals surface area contributed by atoms with Crippen LogP contribution in [-0.2, 0) is 28.2 Å². The lowest BCUT2D eigenvalue weighted by atomic mass is 10.1. The van der Waals surface area contributed by atoms with Gasteiger partial charge in [0.25, 0.3) is 0 Å². The van der Waals surface area contributed by atoms with Gasteiger partial charge in [-0.15, -0.1) is 0 Å². The second kappa shape index (κ2) is 37.5. The molecule has 0 saturated carbocycles. The zero-order chi connectivity index (χ0) is 38.2. The SMILES string of the molecule is CC/C=C/C/C=C/C/C=C/C/C=C/C/C=C/C/C=C/CCC(=O)O[C@H](COC(=O)CCCCCCC/C=C/C/C=C/C/C=C/CC)COP(=O)(O)O. The maximum Gasteiger partial charge on any atom is 0.469 e. The maximum absolute atomic E-state index is 12.3. The number of allylic oxidation sites excluding steroid dienone is 18. The van der Waals surface area contributed by atoms with Crippen molar-refractivity contribution in [2.24, 2.45) is 0 Å². The minimum absolute atomic E-state index is 0.0757. The van der Waals surface area contributed by atoms with Gasteiger partial charge in [-0.1, -0.05) is 142 Å². The second-order valence-corrected chi connectivity index (χ2v) is 13.4. The first kappa shape index (κ1) is 48.7. The molecule has 0 aliphatic rings. The molecule has 0 aliphatic carbocycles. The van der Waals surface area contributed by atoms with E-state index in [0.29, 0.717) is 12.8 Å². The molecule has 0 rings (SSSR count). The predicted octanol–water partition coefficient (Wildman–Crippen LogP) is 11.6. The summed E-state index contributed by atoms with van der Waals surface area (Å²) < 4.78 is 26.2. The highest BCUT2D eigenvalue weighted by Crippen LogP contribution is 2.35. The van der Waals surface area contributed by atoms with Gasteiger partial charge >= 0.3 is 19.8 Å². The molecule has 0 radical (unpaired) electrons. The Morgan fingerprint density at radius 1 is 0.500 bits per heavy atom. The quantitative estimate of drug-likeness (QED) is 0.0295. The number of phosphoric acid groups is 1. The minimum Gasteiger partial charge on any atom is -0.462 e. The van der Waals surface area contributed by atoms with Crippen molar-refractivity contribution in [1.29, 1.82) is 0 Å². The number of phosphoric ester groups is 1. The molecule has 0 heterocycles. The molecular formula is C43H67O8P. The summed E-state index contributed by atoms with van der Waals surface area (Å²) in [5.74, 6) is -1.02. The summed E-state index contributed by atoms with van der Waals surface area (Å²) in [6.45, 7) is 3.35. The van der Waals surface area contributed by atoms with Crippen molar-refractivity contribution in [3.63, 3.8) is 0 Å². The summed E-state index contributed by atoms with van der Waals surface area (Å²) in [5.41, 5.74) is 0. The first-order valence-electron chi connectivity index (χ1n) is 19.2. The van der Waals surface area contributed by atoms with Crippen molar-refractivity contribution in [3.8, 4) is 0 Å². The fourth-order valence-electron chi connectivity index (χ4n) is 4.53. The number of rotatable bonds is 33. The molecule has 0 aromatic heterocycles. The molecule has 292 valence electrons. The lowest BCUT2D eigenvalue weighted by molar-refractivity contribution is -0.161. The maximum atomic E-state index is 12.3. The van der Waals surface area contributed by atoms with Crippen molar-refractivity contribution in [1.82, 2.24) is 0 Å². The molecule has 2 N–H and O–H groups in total. The number of ether oxygens (including phenoxy) is 2. The minimum atomic E-state index is -4.78. The lowest BCUT2D eigenvalue weighted by Gasteiger charge is -2.18. The van der Waals surface area contributed by atoms with Crippen LogP contribution in [0, 0.1) is 0 Å². The second-order valence-electron chi connectivity index (χ2n) is 12.1. The monoisotopic (exact) mass is 742 g/mol. The largest absolute Gasteiger partial charge is 0.469 e. The summed E-state index contributed by atoms with van der Waals surface area (Å²) in [5, 5.41) is 0. The van der Waals surface area contributed by atoms with E-state index in [1.165, 1.54) is 0 Å². The van der Waals surface area contributed by atoms with Crippen LogP contribution in [0.3, 0.4) is 0 Å². The van der Waals surface area contributed by atoms with Crippen molar-refractivity contribution in [2.45, 2.75) is 136 Å². The van der Waals surface area contributed by atoms with E-state index in [9.17, 15) is 14.2 Å². The number of carbonyl (C=O) groups is 2. The van der Waals surface area contributed by atoms with E-state index in [2.05, 4.69) is 116 Å². The van der Waals surface area contributed by atoms with Gasteiger partial charge in [-0.2, -0.15) is 0 Å². The number of esters is 2. The normalized spacial score (nSPS) is 13.7. The molecule has 0 saturated heterocycles. The molecule has 8 nitrogen and oxygen atoms in total. The van der Waals surface area contributed by atoms with E-state index in [-0.39, 0.29) is 19.4 Å². The van der Waals surface area contributed by atoms with Crippen molar-refractivity contribution in [3.05, 3.63) is 109 Å². The summed E-state index contributed by atoms with van der Waals surface area (Å²) in [7, 11) is -4.78. The third kappa shape index (κ3) is 39.5. The Labute approximate surface area is 315 Å². The van der Waals surface area contributed by atoms with Gasteiger partial charge in [0.15, 0.2) is 6.10 Å². The molecule has 0 aliphatic heterocycles. The zero-order valence-corrected chi connectivity index (χ0v) is 32.8. The van der Waals surface area contributed by atoms with Crippen molar-refractivity contribution < 1.29 is 37.9 Å². The smallest absolute Gasteiger partial charge is 0.462 e. The highest BCUT2D eigenvalue weighted by atomic mass is 31.2. The molecule has 1 atom stereocenters. The summed E-state index contributed by atoms with van der Waals surface area (Å²) in [4.78, 5) is 42.7. The number of hydrogen-bond acceptors (Lipinski definition) is 6. The predicted molar refractivity (Wildman–Crippen MR) is 216 cm³/mol. The fraction of sp³-hybridized carbons (Fsp3) is 0.535. The molecule has 0 spiro atoms. The fourth-order valence-corrected chi connectivity index (χ4v) is 4.89. The van der Waals surface area contributed by atoms with Gasteiger partial charge in [0.05, 0.1) is 6.61 Å². The van der Waals surface area contributed by atoms with Crippen LogP contribution in [0.5, 0.6) is 0 Å². The van der Waals surface area contributed by atoms with E-state index in [1.54, 1.807) is 0 Å². The molecule has 52 heavy (non-hydrogen) atoms. The summed E-state index contributed by atoms with van der Waals surface area (Å²) >= 11 is 0. The summed E-state index contributed by atoms with van der Waals surface area (Å²) in [6.07, 6.45) is 52.5. The van der Waals surface area contributed by atoms with Crippen LogP contribution >= 0.6 is 7.82 Å². The van der Waals surface area contributed by atoms with E-state index in [1.807, 2.05) is 12.2 Å². The Morgan fingerprint density at radius 2 is 0.904 bits per heavy atom. The van der Waals surface area contributed by atoms with Crippen molar-refractivity contribution >= 4 is 19.8 Å². The van der Waals surface area contributed by atoms with Gasteiger partial charge in [-0.05, 0) is 83.5 Å². The van der Waals surface area contributed by atoms with E-state index < -0.39 is 32.5 Å². The number of hydrogen-bond donors (Lipinski definition) is 2. The highest BCUT2D eigenvalue weighted by Gasteiger charge is 2.22. The van der Waals surface area contributed by atoms with Crippen LogP contribution in [0.15, 0.2) is 109 Å². The van der Waals surface area contributed by atoms with Gasteiger partial charge in [-0.3, -0.25) is 14.1 Å². The zero-order valence-electron chi connectivity index (χ0n) is 31.9. The van der Waals surface area contributed by atoms with Gasteiger partial charge in [-0.25, -0.2) is 4.57 Å². The van der Waals surface area contributed by atoms with Gasteiger partial charge in [0.2, 0.25) is 0 Å². The van der Waals surface area contributed by atoms with E-state index in [0.717, 1.165) is 89.9 Å². The molecule has 0 bridgehead atoms. The standard InChI is InChI=1S/C43H67O8P/c1-3-5-7-9-11-13-15-17-19-20-21-22-24-26-28-30-32-34-36-38-43(45)51-41(40-50-52(46,47)48)39-49-42(44)37-35-33-31-29-27-25-23-18-16-14-12-10-8-6-4-2/h5-8,11-14,17-19,21-23,26,28,32,34,41H,3-4,9-10,15-16,20,24-25,27,29-31,33,35-40H2,1-2H3,(H2,46,47,48)/b7-5+,8-6+,13-11+,14-12+,19-17+,22-21+,23-18+,28-26+,34-32+/t41-/m1/s1. The number of carbonyl (C=O) groups excluding carboxylic acids is 2. The van der Waals surface area contributed by atoms with Gasteiger partial charge < -0.3 is 19.3 Å². The Balaban J connectivity index is 4.16. The Kier molecular flexibility index (Phi) is 35.1. The average Bonchev–Trinajstić information content (AvgIpc) is 3.11. The third-order valence-corrected chi connectivity index (χ3v) is 7.79. The van der Waals surface area contributed by atoms with Gasteiger partial charge in [0.1, 0.15) is 6.61 Å². The lowest BCUT2D eigenvalue weighted by Crippen LogP contribution is -2.29. The van der Waals surface area contributed by atoms with Gasteiger partial charge in [0, 0.05) is 12.8 Å². The van der Waals surface area contributed by atoms with Crippen LogP contribution < -0.4 is 0 Å². The first-order chi connectivity index (χ1) is 25.3. The van der Waals surface area contributed by atoms with Crippen LogP contribution in [0.25, 0.3) is 0 Å². The Morgan fingerprint density at radius 3 is 1.37 bits per heavy atom. The Bertz CT molecular complexity index is 1200. The summed E-state index contributed by atoms with van der Waals surface area (Å²) in [6, 6.07) is 0. The van der Waals surface area contributed by atoms with Crippen LogP contribution in [0.1, 0.15) is 129 Å². The molecule has 0 unspecified atom stereocenters. The first-order valence-corrected chi connectivity index (χ1v) is 20.7. The Hall–Kier alpha value is -3.29. The molecule has 0 aromatic rings. The molecular weight excluding hydrogens is 675 g/mol. The molecule has 9 heteroatoms. The van der Waals surface area contributed by atoms with Crippen LogP contribution in [0.2, 0.25) is 0 Å². The van der Waals surface area contributed by atoms with E-state index >= 15 is 0 Å². The molecule has 0 amide bonds. The highest BCUT2D eigenvalue weighted by molar-refractivity contribution is 7.46. The van der Waals surface area contributed by atoms with Crippen molar-refractivity contribution in [2.75, 3.05) is 13.2 Å².